The summed E-state index contributed by atoms with van der Waals surface area (Å²) >= 11 is 3.43. The van der Waals surface area contributed by atoms with Gasteiger partial charge in [0.2, 0.25) is 0 Å². The van der Waals surface area contributed by atoms with Gasteiger partial charge in [-0.3, -0.25) is 9.69 Å². The van der Waals surface area contributed by atoms with Gasteiger partial charge in [0.05, 0.1) is 0 Å². The van der Waals surface area contributed by atoms with Crippen LogP contribution < -0.4 is 5.73 Å². The van der Waals surface area contributed by atoms with Gasteiger partial charge in [0.25, 0.3) is 5.91 Å². The molecule has 21 heavy (non-hydrogen) atoms. The van der Waals surface area contributed by atoms with Crippen molar-refractivity contribution in [3.05, 3.63) is 34.3 Å². The van der Waals surface area contributed by atoms with Crippen LogP contribution in [0.1, 0.15) is 29.6 Å². The number of halogens is 1. The SMILES string of the molecule is NC1CCN(C2CCN(C(=O)c3cccc(Br)c3)C2)CC1. The lowest BCUT2D eigenvalue weighted by Crippen LogP contribution is -2.46. The Labute approximate surface area is 134 Å². The fraction of sp³-hybridized carbons (Fsp3) is 0.562. The molecule has 2 heterocycles. The Hall–Kier alpha value is -0.910. The Morgan fingerprint density at radius 1 is 1.19 bits per heavy atom. The third kappa shape index (κ3) is 3.47. The summed E-state index contributed by atoms with van der Waals surface area (Å²) in [6.07, 6.45) is 3.24. The molecular formula is C16H22BrN3O. The molecule has 1 aromatic carbocycles. The average Bonchev–Trinajstić information content (AvgIpc) is 2.97. The van der Waals surface area contributed by atoms with Gasteiger partial charge in [0.1, 0.15) is 0 Å². The molecule has 2 aliphatic heterocycles. The minimum absolute atomic E-state index is 0.146. The molecule has 114 valence electrons. The maximum atomic E-state index is 12.5. The number of likely N-dealkylation sites (tertiary alicyclic amines) is 2. The van der Waals surface area contributed by atoms with Crippen LogP contribution >= 0.6 is 15.9 Å². The maximum absolute atomic E-state index is 12.5. The Morgan fingerprint density at radius 3 is 2.67 bits per heavy atom. The predicted octanol–water partition coefficient (Wildman–Crippen LogP) is 2.09. The van der Waals surface area contributed by atoms with Crippen molar-refractivity contribution in [2.75, 3.05) is 26.2 Å². The van der Waals surface area contributed by atoms with E-state index in [9.17, 15) is 4.79 Å². The molecule has 5 heteroatoms. The van der Waals surface area contributed by atoms with Crippen LogP contribution in [0.2, 0.25) is 0 Å². The smallest absolute Gasteiger partial charge is 0.253 e. The number of amides is 1. The number of nitrogens with two attached hydrogens (primary N) is 1. The number of hydrogen-bond acceptors (Lipinski definition) is 3. The fourth-order valence-electron chi connectivity index (χ4n) is 3.31. The minimum atomic E-state index is 0.146. The van der Waals surface area contributed by atoms with Gasteiger partial charge in [0, 0.05) is 35.2 Å². The van der Waals surface area contributed by atoms with Crippen molar-refractivity contribution in [2.24, 2.45) is 5.73 Å². The van der Waals surface area contributed by atoms with Crippen LogP contribution in [-0.2, 0) is 0 Å². The lowest BCUT2D eigenvalue weighted by atomic mass is 10.0. The van der Waals surface area contributed by atoms with Gasteiger partial charge in [-0.2, -0.15) is 0 Å². The van der Waals surface area contributed by atoms with Crippen molar-refractivity contribution in [2.45, 2.75) is 31.3 Å². The molecule has 0 saturated carbocycles. The molecule has 2 aliphatic rings. The van der Waals surface area contributed by atoms with Gasteiger partial charge in [-0.15, -0.1) is 0 Å². The lowest BCUT2D eigenvalue weighted by Gasteiger charge is -2.34. The predicted molar refractivity (Wildman–Crippen MR) is 87.2 cm³/mol. The fourth-order valence-corrected chi connectivity index (χ4v) is 3.71. The van der Waals surface area contributed by atoms with Crippen molar-refractivity contribution in [1.29, 1.82) is 0 Å². The molecule has 1 aromatic rings. The minimum Gasteiger partial charge on any atom is -0.337 e. The molecule has 1 amide bonds. The number of piperidine rings is 1. The molecule has 4 nitrogen and oxygen atoms in total. The molecule has 2 N–H and O–H groups in total. The van der Waals surface area contributed by atoms with E-state index < -0.39 is 0 Å². The van der Waals surface area contributed by atoms with Crippen LogP contribution in [0.5, 0.6) is 0 Å². The monoisotopic (exact) mass is 351 g/mol. The van der Waals surface area contributed by atoms with E-state index in [0.29, 0.717) is 12.1 Å². The van der Waals surface area contributed by atoms with Crippen LogP contribution in [0.15, 0.2) is 28.7 Å². The molecule has 0 aromatic heterocycles. The van der Waals surface area contributed by atoms with Gasteiger partial charge in [-0.1, -0.05) is 22.0 Å². The second-order valence-corrected chi connectivity index (χ2v) is 6.99. The Kier molecular flexibility index (Phi) is 4.62. The first-order valence-electron chi connectivity index (χ1n) is 7.68. The summed E-state index contributed by atoms with van der Waals surface area (Å²) in [5, 5.41) is 0. The number of benzene rings is 1. The largest absolute Gasteiger partial charge is 0.337 e. The van der Waals surface area contributed by atoms with Crippen molar-refractivity contribution in [3.8, 4) is 0 Å². The summed E-state index contributed by atoms with van der Waals surface area (Å²) < 4.78 is 0.953. The highest BCUT2D eigenvalue weighted by Crippen LogP contribution is 2.22. The summed E-state index contributed by atoms with van der Waals surface area (Å²) in [5.74, 6) is 0.146. The van der Waals surface area contributed by atoms with E-state index in [4.69, 9.17) is 5.73 Å². The molecule has 1 unspecified atom stereocenters. The zero-order valence-electron chi connectivity index (χ0n) is 12.2. The number of nitrogens with zero attached hydrogens (tertiary/aromatic N) is 2. The quantitative estimate of drug-likeness (QED) is 0.887. The lowest BCUT2D eigenvalue weighted by molar-refractivity contribution is 0.0769. The van der Waals surface area contributed by atoms with Crippen molar-refractivity contribution < 1.29 is 4.79 Å². The second-order valence-electron chi connectivity index (χ2n) is 6.08. The molecule has 2 fully saturated rings. The number of carbonyl (C=O) groups is 1. The number of carbonyl (C=O) groups excluding carboxylic acids is 1. The average molecular weight is 352 g/mol. The van der Waals surface area contributed by atoms with E-state index >= 15 is 0 Å². The molecular weight excluding hydrogens is 330 g/mol. The van der Waals surface area contributed by atoms with Crippen LogP contribution in [0.3, 0.4) is 0 Å². The van der Waals surface area contributed by atoms with Gasteiger partial charge < -0.3 is 10.6 Å². The topological polar surface area (TPSA) is 49.6 Å². The zero-order valence-corrected chi connectivity index (χ0v) is 13.8. The number of rotatable bonds is 2. The van der Waals surface area contributed by atoms with E-state index in [2.05, 4.69) is 20.8 Å². The molecule has 3 rings (SSSR count). The Bertz CT molecular complexity index is 514. The van der Waals surface area contributed by atoms with Crippen molar-refractivity contribution in [1.82, 2.24) is 9.80 Å². The highest BCUT2D eigenvalue weighted by atomic mass is 79.9. The van der Waals surface area contributed by atoms with E-state index in [0.717, 1.165) is 55.5 Å². The van der Waals surface area contributed by atoms with E-state index in [-0.39, 0.29) is 5.91 Å². The van der Waals surface area contributed by atoms with E-state index in [1.807, 2.05) is 29.2 Å². The van der Waals surface area contributed by atoms with Crippen LogP contribution in [0.4, 0.5) is 0 Å². The van der Waals surface area contributed by atoms with Crippen LogP contribution in [0, 0.1) is 0 Å². The normalized spacial score (nSPS) is 24.5. The summed E-state index contributed by atoms with van der Waals surface area (Å²) in [6, 6.07) is 8.52. The third-order valence-corrected chi connectivity index (χ3v) is 5.11. The highest BCUT2D eigenvalue weighted by Gasteiger charge is 2.32. The second kappa shape index (κ2) is 6.46. The number of hydrogen-bond donors (Lipinski definition) is 1. The first-order chi connectivity index (χ1) is 10.1. The standard InChI is InChI=1S/C16H22BrN3O/c17-13-3-1-2-12(10-13)16(21)20-9-6-15(11-20)19-7-4-14(18)5-8-19/h1-3,10,14-15H,4-9,11,18H2. The van der Waals surface area contributed by atoms with E-state index in [1.165, 1.54) is 0 Å². The zero-order chi connectivity index (χ0) is 14.8. The summed E-state index contributed by atoms with van der Waals surface area (Å²) in [5.41, 5.74) is 6.73. The van der Waals surface area contributed by atoms with Gasteiger partial charge in [-0.05, 0) is 50.6 Å². The van der Waals surface area contributed by atoms with Gasteiger partial charge in [0.15, 0.2) is 0 Å². The van der Waals surface area contributed by atoms with Crippen LogP contribution in [-0.4, -0.2) is 54.0 Å². The maximum Gasteiger partial charge on any atom is 0.253 e. The molecule has 0 bridgehead atoms. The van der Waals surface area contributed by atoms with Crippen molar-refractivity contribution >= 4 is 21.8 Å². The van der Waals surface area contributed by atoms with E-state index in [1.54, 1.807) is 0 Å². The first kappa shape index (κ1) is 15.0. The van der Waals surface area contributed by atoms with Gasteiger partial charge in [-0.25, -0.2) is 0 Å². The molecule has 1 atom stereocenters. The third-order valence-electron chi connectivity index (χ3n) is 4.61. The summed E-state index contributed by atoms with van der Waals surface area (Å²) in [4.78, 5) is 17.0. The van der Waals surface area contributed by atoms with Crippen LogP contribution in [0.25, 0.3) is 0 Å². The van der Waals surface area contributed by atoms with Gasteiger partial charge >= 0.3 is 0 Å². The molecule has 2 saturated heterocycles. The first-order valence-corrected chi connectivity index (χ1v) is 8.47. The molecule has 0 radical (unpaired) electrons. The summed E-state index contributed by atoms with van der Waals surface area (Å²) in [6.45, 7) is 3.86. The summed E-state index contributed by atoms with van der Waals surface area (Å²) in [7, 11) is 0. The highest BCUT2D eigenvalue weighted by molar-refractivity contribution is 9.10. The molecule has 0 spiro atoms. The Morgan fingerprint density at radius 2 is 1.95 bits per heavy atom. The molecule has 0 aliphatic carbocycles. The van der Waals surface area contributed by atoms with Crippen molar-refractivity contribution in [3.63, 3.8) is 0 Å². The Balaban J connectivity index is 1.60.